The number of aryl methyl sites for hydroxylation is 1. The summed E-state index contributed by atoms with van der Waals surface area (Å²) in [6.07, 6.45) is -1.44. The zero-order valence-electron chi connectivity index (χ0n) is 15.5. The van der Waals surface area contributed by atoms with Crippen molar-refractivity contribution in [2.45, 2.75) is 37.5 Å². The van der Waals surface area contributed by atoms with Crippen LogP contribution in [0.5, 0.6) is 5.75 Å². The van der Waals surface area contributed by atoms with Crippen molar-refractivity contribution in [3.63, 3.8) is 0 Å². The molecule has 1 fully saturated rings. The van der Waals surface area contributed by atoms with Crippen LogP contribution in [0.2, 0.25) is 0 Å². The minimum atomic E-state index is -4.65. The Morgan fingerprint density at radius 2 is 2.03 bits per heavy atom. The molecular formula is C17H24NO10P. The molecule has 1 unspecified atom stereocenters. The number of carbonyl (C=O) groups is 2. The summed E-state index contributed by atoms with van der Waals surface area (Å²) in [6.45, 7) is -0.588. The third-order valence-corrected chi connectivity index (χ3v) is 5.13. The van der Waals surface area contributed by atoms with Crippen LogP contribution in [0.15, 0.2) is 24.3 Å². The van der Waals surface area contributed by atoms with Crippen molar-refractivity contribution in [2.75, 3.05) is 19.8 Å². The largest absolute Gasteiger partial charge is 0.508 e. The molecule has 1 aliphatic heterocycles. The highest BCUT2D eigenvalue weighted by Gasteiger charge is 2.37. The van der Waals surface area contributed by atoms with Crippen LogP contribution in [-0.2, 0) is 39.1 Å². The van der Waals surface area contributed by atoms with Gasteiger partial charge in [-0.3, -0.25) is 18.6 Å². The number of carboxylic acid groups (broad SMARTS) is 1. The van der Waals surface area contributed by atoms with E-state index in [0.717, 1.165) is 0 Å². The summed E-state index contributed by atoms with van der Waals surface area (Å²) in [5.74, 6) is -1.90. The first-order chi connectivity index (χ1) is 13.7. The number of carbonyl (C=O) groups excluding carboxylic acids is 1. The highest BCUT2D eigenvalue weighted by Crippen LogP contribution is 2.46. The van der Waals surface area contributed by atoms with E-state index in [9.17, 15) is 24.2 Å². The van der Waals surface area contributed by atoms with E-state index in [-0.39, 0.29) is 38.2 Å². The number of rotatable bonds is 10. The maximum absolute atomic E-state index is 12.2. The molecule has 1 aromatic rings. The zero-order chi connectivity index (χ0) is 21.4. The number of benzene rings is 1. The molecule has 0 amide bonds. The van der Waals surface area contributed by atoms with Gasteiger partial charge in [-0.15, -0.1) is 0 Å². The fraction of sp³-hybridized carbons (Fsp3) is 0.529. The number of phosphoric acid groups is 1. The van der Waals surface area contributed by atoms with Gasteiger partial charge in [-0.1, -0.05) is 18.2 Å². The maximum atomic E-state index is 12.2. The molecule has 29 heavy (non-hydrogen) atoms. The molecule has 162 valence electrons. The lowest BCUT2D eigenvalue weighted by Gasteiger charge is -2.31. The van der Waals surface area contributed by atoms with Gasteiger partial charge in [-0.25, -0.2) is 4.57 Å². The third-order valence-electron chi connectivity index (χ3n) is 4.12. The van der Waals surface area contributed by atoms with E-state index in [0.29, 0.717) is 5.56 Å². The highest BCUT2D eigenvalue weighted by molar-refractivity contribution is 7.47. The first kappa shape index (κ1) is 23.3. The number of carboxylic acids is 1. The standard InChI is InChI=1S/C17H24NO10P/c18-12(17(21)22)9-26-29(23,24)28-15-10-25-8-7-14(15)27-16(20)6-5-11-3-1-2-4-13(11)19/h1-4,12,14-15,19H,5-10,18H2,(H,21,22)(H,23,24)/t12-,14+,15+/m0/s1. The van der Waals surface area contributed by atoms with E-state index in [4.69, 9.17) is 24.8 Å². The monoisotopic (exact) mass is 433 g/mol. The summed E-state index contributed by atoms with van der Waals surface area (Å²) in [5.41, 5.74) is 5.81. The van der Waals surface area contributed by atoms with E-state index in [1.165, 1.54) is 6.07 Å². The average Bonchev–Trinajstić information content (AvgIpc) is 2.67. The summed E-state index contributed by atoms with van der Waals surface area (Å²) >= 11 is 0. The number of esters is 1. The number of phenolic OH excluding ortho intramolecular Hbond substituents is 1. The number of hydrogen-bond acceptors (Lipinski definition) is 9. The lowest BCUT2D eigenvalue weighted by atomic mass is 10.1. The fourth-order valence-electron chi connectivity index (χ4n) is 2.56. The summed E-state index contributed by atoms with van der Waals surface area (Å²) < 4.78 is 32.2. The topological polar surface area (TPSA) is 175 Å². The molecule has 11 nitrogen and oxygen atoms in total. The van der Waals surface area contributed by atoms with Crippen LogP contribution in [-0.4, -0.2) is 65.1 Å². The number of aliphatic carboxylic acids is 1. The van der Waals surface area contributed by atoms with Crippen LogP contribution in [0.1, 0.15) is 18.4 Å². The molecule has 0 aromatic heterocycles. The first-order valence-corrected chi connectivity index (χ1v) is 10.4. The van der Waals surface area contributed by atoms with Crippen LogP contribution < -0.4 is 5.73 Å². The molecule has 0 radical (unpaired) electrons. The van der Waals surface area contributed by atoms with Gasteiger partial charge in [0.25, 0.3) is 0 Å². The van der Waals surface area contributed by atoms with Gasteiger partial charge in [0.2, 0.25) is 0 Å². The van der Waals surface area contributed by atoms with Gasteiger partial charge in [0, 0.05) is 12.8 Å². The van der Waals surface area contributed by atoms with Crippen LogP contribution in [0.3, 0.4) is 0 Å². The van der Waals surface area contributed by atoms with Gasteiger partial charge < -0.3 is 30.3 Å². The second-order valence-corrected chi connectivity index (χ2v) is 7.78. The number of nitrogens with two attached hydrogens (primary N) is 1. The predicted molar refractivity (Wildman–Crippen MR) is 98.0 cm³/mol. The Balaban J connectivity index is 1.88. The van der Waals surface area contributed by atoms with Crippen molar-refractivity contribution in [2.24, 2.45) is 5.73 Å². The van der Waals surface area contributed by atoms with Gasteiger partial charge >= 0.3 is 19.8 Å². The summed E-state index contributed by atoms with van der Waals surface area (Å²) in [4.78, 5) is 32.6. The predicted octanol–water partition coefficient (Wildman–Crippen LogP) is 0.571. The fourth-order valence-corrected chi connectivity index (χ4v) is 3.51. The number of hydrogen-bond donors (Lipinski definition) is 4. The summed E-state index contributed by atoms with van der Waals surface area (Å²) in [6, 6.07) is 5.10. The molecule has 4 atom stereocenters. The van der Waals surface area contributed by atoms with E-state index >= 15 is 0 Å². The van der Waals surface area contributed by atoms with E-state index < -0.39 is 44.6 Å². The Kier molecular flexibility index (Phi) is 8.57. The Labute approximate surface area is 166 Å². The SMILES string of the molecule is N[C@@H](COP(=O)(O)O[C@@H]1COCC[C@H]1OC(=O)CCc1ccccc1O)C(=O)O. The number of aromatic hydroxyl groups is 1. The van der Waals surface area contributed by atoms with Crippen molar-refractivity contribution in [3.8, 4) is 5.75 Å². The lowest BCUT2D eigenvalue weighted by Crippen LogP contribution is -2.41. The van der Waals surface area contributed by atoms with Crippen LogP contribution in [0.25, 0.3) is 0 Å². The van der Waals surface area contributed by atoms with E-state index in [2.05, 4.69) is 4.52 Å². The van der Waals surface area contributed by atoms with Crippen molar-refractivity contribution < 1.29 is 47.8 Å². The Morgan fingerprint density at radius 3 is 2.72 bits per heavy atom. The quantitative estimate of drug-likeness (QED) is 0.300. The molecule has 1 aromatic carbocycles. The summed E-state index contributed by atoms with van der Waals surface area (Å²) in [7, 11) is -4.65. The molecule has 5 N–H and O–H groups in total. The Hall–Kier alpha value is -2.01. The van der Waals surface area contributed by atoms with Gasteiger partial charge in [0.15, 0.2) is 0 Å². The zero-order valence-corrected chi connectivity index (χ0v) is 16.4. The van der Waals surface area contributed by atoms with E-state index in [1.807, 2.05) is 0 Å². The van der Waals surface area contributed by atoms with Crippen molar-refractivity contribution in [1.82, 2.24) is 0 Å². The van der Waals surface area contributed by atoms with Crippen LogP contribution >= 0.6 is 7.82 Å². The molecule has 0 aliphatic carbocycles. The minimum Gasteiger partial charge on any atom is -0.508 e. The first-order valence-electron chi connectivity index (χ1n) is 8.86. The molecule has 2 rings (SSSR count). The average molecular weight is 433 g/mol. The third kappa shape index (κ3) is 7.73. The molecule has 0 bridgehead atoms. The van der Waals surface area contributed by atoms with Gasteiger partial charge in [0.05, 0.1) is 19.8 Å². The van der Waals surface area contributed by atoms with Gasteiger partial charge in [-0.05, 0) is 18.1 Å². The van der Waals surface area contributed by atoms with Crippen molar-refractivity contribution in [1.29, 1.82) is 0 Å². The number of phosphoric ester groups is 1. The smallest absolute Gasteiger partial charge is 0.472 e. The molecular weight excluding hydrogens is 409 g/mol. The number of ether oxygens (including phenoxy) is 2. The lowest BCUT2D eigenvalue weighted by molar-refractivity contribution is -0.164. The Bertz CT molecular complexity index is 757. The Morgan fingerprint density at radius 1 is 1.31 bits per heavy atom. The highest BCUT2D eigenvalue weighted by atomic mass is 31.2. The second-order valence-electron chi connectivity index (χ2n) is 6.37. The molecule has 1 heterocycles. The summed E-state index contributed by atoms with van der Waals surface area (Å²) in [5, 5.41) is 18.4. The van der Waals surface area contributed by atoms with Crippen molar-refractivity contribution in [3.05, 3.63) is 29.8 Å². The van der Waals surface area contributed by atoms with Gasteiger partial charge in [0.1, 0.15) is 24.0 Å². The molecule has 1 saturated heterocycles. The van der Waals surface area contributed by atoms with E-state index in [1.54, 1.807) is 18.2 Å². The normalized spacial score (nSPS) is 22.4. The van der Waals surface area contributed by atoms with Gasteiger partial charge in [-0.2, -0.15) is 0 Å². The van der Waals surface area contributed by atoms with Crippen molar-refractivity contribution >= 4 is 19.8 Å². The molecule has 0 saturated carbocycles. The molecule has 0 spiro atoms. The minimum absolute atomic E-state index is 0.0115. The molecule has 12 heteroatoms. The molecule has 1 aliphatic rings. The number of para-hydroxylation sites is 1. The maximum Gasteiger partial charge on any atom is 0.472 e. The second kappa shape index (κ2) is 10.7. The number of phenols is 1. The van der Waals surface area contributed by atoms with Crippen LogP contribution in [0.4, 0.5) is 0 Å². The van der Waals surface area contributed by atoms with Crippen LogP contribution in [0, 0.1) is 0 Å².